The van der Waals surface area contributed by atoms with Gasteiger partial charge in [0.1, 0.15) is 5.75 Å². The van der Waals surface area contributed by atoms with Crippen LogP contribution >= 0.6 is 0 Å². The predicted octanol–water partition coefficient (Wildman–Crippen LogP) is 1.75. The molecule has 1 aromatic carbocycles. The molecule has 1 aromatic heterocycles. The standard InChI is InChI=1S/C17H22N4O3/c1-11(18-2)8-15-19-17(24-20-15)12-9-16(22)21(10-12)13-4-6-14(23-3)7-5-13/h4-7,11-12,18H,8-10H2,1-3H3. The van der Waals surface area contributed by atoms with E-state index in [0.717, 1.165) is 11.4 Å². The first-order chi connectivity index (χ1) is 11.6. The van der Waals surface area contributed by atoms with Crippen LogP contribution in [0.2, 0.25) is 0 Å². The van der Waals surface area contributed by atoms with Gasteiger partial charge in [0.15, 0.2) is 5.82 Å². The Bertz CT molecular complexity index is 698. The molecule has 2 heterocycles. The summed E-state index contributed by atoms with van der Waals surface area (Å²) in [4.78, 5) is 18.5. The quantitative estimate of drug-likeness (QED) is 0.869. The van der Waals surface area contributed by atoms with Crippen molar-refractivity contribution in [1.29, 1.82) is 0 Å². The van der Waals surface area contributed by atoms with Gasteiger partial charge in [-0.05, 0) is 38.2 Å². The number of aromatic nitrogens is 2. The number of carbonyl (C=O) groups excluding carboxylic acids is 1. The number of carbonyl (C=O) groups is 1. The fourth-order valence-corrected chi connectivity index (χ4v) is 2.78. The van der Waals surface area contributed by atoms with Crippen molar-refractivity contribution in [2.45, 2.75) is 31.7 Å². The Kier molecular flexibility index (Phi) is 4.80. The van der Waals surface area contributed by atoms with E-state index >= 15 is 0 Å². The zero-order chi connectivity index (χ0) is 17.1. The minimum absolute atomic E-state index is 0.0634. The number of ether oxygens (including phenoxy) is 1. The summed E-state index contributed by atoms with van der Waals surface area (Å²) in [6.07, 6.45) is 1.08. The lowest BCUT2D eigenvalue weighted by Gasteiger charge is -2.16. The predicted molar refractivity (Wildman–Crippen MR) is 89.2 cm³/mol. The molecule has 2 atom stereocenters. The molecule has 1 aliphatic heterocycles. The SMILES string of the molecule is CNC(C)Cc1noc(C2CC(=O)N(c3ccc(OC)cc3)C2)n1. The maximum Gasteiger partial charge on any atom is 0.232 e. The van der Waals surface area contributed by atoms with E-state index in [1.807, 2.05) is 31.3 Å². The third-order valence-corrected chi connectivity index (χ3v) is 4.32. The van der Waals surface area contributed by atoms with Gasteiger partial charge in [-0.2, -0.15) is 4.98 Å². The van der Waals surface area contributed by atoms with Gasteiger partial charge in [-0.3, -0.25) is 4.79 Å². The number of anilines is 1. The molecule has 24 heavy (non-hydrogen) atoms. The van der Waals surface area contributed by atoms with E-state index in [2.05, 4.69) is 22.4 Å². The van der Waals surface area contributed by atoms with Crippen molar-refractivity contribution in [3.63, 3.8) is 0 Å². The second-order valence-corrected chi connectivity index (χ2v) is 6.05. The summed E-state index contributed by atoms with van der Waals surface area (Å²) in [5.41, 5.74) is 0.854. The van der Waals surface area contributed by atoms with Gasteiger partial charge in [0.05, 0.1) is 13.0 Å². The molecular weight excluding hydrogens is 308 g/mol. The lowest BCUT2D eigenvalue weighted by molar-refractivity contribution is -0.117. The third kappa shape index (κ3) is 3.41. The van der Waals surface area contributed by atoms with Gasteiger partial charge in [-0.1, -0.05) is 5.16 Å². The number of amides is 1. The molecule has 2 aromatic rings. The molecule has 7 nitrogen and oxygen atoms in total. The molecule has 0 radical (unpaired) electrons. The number of likely N-dealkylation sites (N-methyl/N-ethyl adjacent to an activating group) is 1. The Morgan fingerprint density at radius 2 is 2.17 bits per heavy atom. The summed E-state index contributed by atoms with van der Waals surface area (Å²) in [6, 6.07) is 7.73. The molecule has 128 valence electrons. The van der Waals surface area contributed by atoms with Crippen molar-refractivity contribution in [3.05, 3.63) is 36.0 Å². The smallest absolute Gasteiger partial charge is 0.232 e. The average molecular weight is 330 g/mol. The lowest BCUT2D eigenvalue weighted by Crippen LogP contribution is -2.24. The number of nitrogens with zero attached hydrogens (tertiary/aromatic N) is 3. The summed E-state index contributed by atoms with van der Waals surface area (Å²) < 4.78 is 10.5. The zero-order valence-electron chi connectivity index (χ0n) is 14.2. The Hall–Kier alpha value is -2.41. The second kappa shape index (κ2) is 7.00. The second-order valence-electron chi connectivity index (χ2n) is 6.05. The monoisotopic (exact) mass is 330 g/mol. The largest absolute Gasteiger partial charge is 0.497 e. The van der Waals surface area contributed by atoms with Crippen molar-refractivity contribution in [3.8, 4) is 5.75 Å². The van der Waals surface area contributed by atoms with Crippen LogP contribution in [0.1, 0.15) is 31.0 Å². The van der Waals surface area contributed by atoms with Crippen LogP contribution in [-0.4, -0.2) is 42.8 Å². The molecule has 3 rings (SSSR count). The van der Waals surface area contributed by atoms with Crippen LogP contribution in [0.15, 0.2) is 28.8 Å². The lowest BCUT2D eigenvalue weighted by atomic mass is 10.1. The van der Waals surface area contributed by atoms with Crippen LogP contribution in [0.4, 0.5) is 5.69 Å². The first-order valence-corrected chi connectivity index (χ1v) is 8.05. The zero-order valence-corrected chi connectivity index (χ0v) is 14.2. The van der Waals surface area contributed by atoms with Crippen LogP contribution in [0.5, 0.6) is 5.75 Å². The molecule has 1 fully saturated rings. The molecule has 1 amide bonds. The van der Waals surface area contributed by atoms with Crippen LogP contribution in [0, 0.1) is 0 Å². The normalized spacial score (nSPS) is 18.9. The highest BCUT2D eigenvalue weighted by molar-refractivity contribution is 5.96. The Morgan fingerprint density at radius 1 is 1.42 bits per heavy atom. The first-order valence-electron chi connectivity index (χ1n) is 8.05. The number of rotatable bonds is 6. The van der Waals surface area contributed by atoms with Crippen molar-refractivity contribution < 1.29 is 14.1 Å². The van der Waals surface area contributed by atoms with Crippen molar-refractivity contribution >= 4 is 11.6 Å². The van der Waals surface area contributed by atoms with Crippen molar-refractivity contribution in [2.24, 2.45) is 0 Å². The fraction of sp³-hybridized carbons (Fsp3) is 0.471. The Labute approximate surface area is 141 Å². The molecule has 0 saturated carbocycles. The van der Waals surface area contributed by atoms with Gasteiger partial charge in [-0.15, -0.1) is 0 Å². The molecule has 0 bridgehead atoms. The third-order valence-electron chi connectivity index (χ3n) is 4.32. The van der Waals surface area contributed by atoms with Gasteiger partial charge in [-0.25, -0.2) is 0 Å². The van der Waals surface area contributed by atoms with Gasteiger partial charge >= 0.3 is 0 Å². The number of methoxy groups -OCH3 is 1. The molecule has 1 N–H and O–H groups in total. The maximum atomic E-state index is 12.3. The van der Waals surface area contributed by atoms with Gasteiger partial charge in [0.25, 0.3) is 0 Å². The van der Waals surface area contributed by atoms with E-state index in [9.17, 15) is 4.79 Å². The van der Waals surface area contributed by atoms with Crippen molar-refractivity contribution in [1.82, 2.24) is 15.5 Å². The first kappa shape index (κ1) is 16.4. The number of nitrogens with one attached hydrogen (secondary N) is 1. The number of hydrogen-bond donors (Lipinski definition) is 1. The van der Waals surface area contributed by atoms with E-state index in [4.69, 9.17) is 9.26 Å². The van der Waals surface area contributed by atoms with E-state index in [1.54, 1.807) is 12.0 Å². The van der Waals surface area contributed by atoms with Crippen molar-refractivity contribution in [2.75, 3.05) is 25.6 Å². The summed E-state index contributed by atoms with van der Waals surface area (Å²) in [5, 5.41) is 7.16. The minimum atomic E-state index is -0.0641. The number of benzene rings is 1. The molecule has 7 heteroatoms. The summed E-state index contributed by atoms with van der Waals surface area (Å²) in [7, 11) is 3.52. The molecule has 1 saturated heterocycles. The topological polar surface area (TPSA) is 80.5 Å². The van der Waals surface area contributed by atoms with E-state index in [1.165, 1.54) is 0 Å². The minimum Gasteiger partial charge on any atom is -0.497 e. The Morgan fingerprint density at radius 3 is 2.83 bits per heavy atom. The summed E-state index contributed by atoms with van der Waals surface area (Å²) in [6.45, 7) is 2.61. The molecule has 1 aliphatic rings. The highest BCUT2D eigenvalue weighted by atomic mass is 16.5. The van der Waals surface area contributed by atoms with Gasteiger partial charge in [0, 0.05) is 31.1 Å². The number of hydrogen-bond acceptors (Lipinski definition) is 6. The summed E-state index contributed by atoms with van der Waals surface area (Å²) in [5.74, 6) is 1.97. The fourth-order valence-electron chi connectivity index (χ4n) is 2.78. The van der Waals surface area contributed by atoms with Crippen LogP contribution in [0.25, 0.3) is 0 Å². The Balaban J connectivity index is 1.70. The van der Waals surface area contributed by atoms with Crippen LogP contribution in [0.3, 0.4) is 0 Å². The van der Waals surface area contributed by atoms with Gasteiger partial charge in [0.2, 0.25) is 11.8 Å². The average Bonchev–Trinajstić information content (AvgIpc) is 3.21. The molecule has 0 aliphatic carbocycles. The molecule has 2 unspecified atom stereocenters. The molecular formula is C17H22N4O3. The molecule has 0 spiro atoms. The van der Waals surface area contributed by atoms with Crippen LogP contribution < -0.4 is 15.0 Å². The highest BCUT2D eigenvalue weighted by Gasteiger charge is 2.35. The highest BCUT2D eigenvalue weighted by Crippen LogP contribution is 2.31. The van der Waals surface area contributed by atoms with E-state index in [0.29, 0.717) is 31.1 Å². The van der Waals surface area contributed by atoms with E-state index < -0.39 is 0 Å². The van der Waals surface area contributed by atoms with Gasteiger partial charge < -0.3 is 19.5 Å². The maximum absolute atomic E-state index is 12.3. The van der Waals surface area contributed by atoms with Crippen LogP contribution in [-0.2, 0) is 11.2 Å². The van der Waals surface area contributed by atoms with E-state index in [-0.39, 0.29) is 17.9 Å². The summed E-state index contributed by atoms with van der Waals surface area (Å²) >= 11 is 0.